The van der Waals surface area contributed by atoms with E-state index >= 15 is 0 Å². The number of hydrogen-bond donors (Lipinski definition) is 1. The van der Waals surface area contributed by atoms with E-state index in [0.29, 0.717) is 12.3 Å². The Balaban J connectivity index is 2.29. The van der Waals surface area contributed by atoms with Crippen LogP contribution in [0.2, 0.25) is 0 Å². The molecular weight excluding hydrogens is 230 g/mol. The van der Waals surface area contributed by atoms with Gasteiger partial charge in [-0.05, 0) is 25.0 Å². The van der Waals surface area contributed by atoms with Crippen LogP contribution < -0.4 is 4.74 Å². The molecule has 2 rings (SSSR count). The lowest BCUT2D eigenvalue weighted by molar-refractivity contribution is 0.0759. The van der Waals surface area contributed by atoms with Gasteiger partial charge < -0.3 is 14.7 Å². The van der Waals surface area contributed by atoms with Gasteiger partial charge in [-0.15, -0.1) is 6.58 Å². The lowest BCUT2D eigenvalue weighted by Crippen LogP contribution is -2.33. The van der Waals surface area contributed by atoms with Crippen LogP contribution in [0.5, 0.6) is 11.5 Å². The van der Waals surface area contributed by atoms with Crippen molar-refractivity contribution in [2.24, 2.45) is 0 Å². The molecule has 1 aliphatic carbocycles. The first kappa shape index (κ1) is 12.5. The summed E-state index contributed by atoms with van der Waals surface area (Å²) in [5.41, 5.74) is 0.281. The third-order valence-electron chi connectivity index (χ3n) is 3.02. The van der Waals surface area contributed by atoms with Crippen LogP contribution in [0.3, 0.4) is 0 Å². The third kappa shape index (κ3) is 2.32. The van der Waals surface area contributed by atoms with Crippen molar-refractivity contribution in [2.75, 3.05) is 13.7 Å². The summed E-state index contributed by atoms with van der Waals surface area (Å²) in [6.45, 7) is 4.16. The molecule has 0 aliphatic heterocycles. The fraction of sp³-hybridized carbons (Fsp3) is 0.357. The van der Waals surface area contributed by atoms with E-state index in [1.165, 1.54) is 7.11 Å². The number of benzene rings is 1. The smallest absolute Gasteiger partial charge is 0.258 e. The quantitative estimate of drug-likeness (QED) is 0.811. The van der Waals surface area contributed by atoms with E-state index in [1.807, 2.05) is 0 Å². The molecule has 0 spiro atoms. The lowest BCUT2D eigenvalue weighted by Gasteiger charge is -2.21. The first-order valence-corrected chi connectivity index (χ1v) is 5.97. The summed E-state index contributed by atoms with van der Waals surface area (Å²) < 4.78 is 5.01. The number of para-hydroxylation sites is 1. The zero-order valence-electron chi connectivity index (χ0n) is 10.4. The van der Waals surface area contributed by atoms with Gasteiger partial charge >= 0.3 is 0 Å². The Hall–Kier alpha value is -1.97. The molecule has 18 heavy (non-hydrogen) atoms. The Morgan fingerprint density at radius 3 is 2.89 bits per heavy atom. The molecule has 0 atom stereocenters. The van der Waals surface area contributed by atoms with Crippen LogP contribution in [-0.2, 0) is 0 Å². The molecule has 1 fully saturated rings. The van der Waals surface area contributed by atoms with Gasteiger partial charge in [0, 0.05) is 12.6 Å². The van der Waals surface area contributed by atoms with Gasteiger partial charge in [-0.25, -0.2) is 0 Å². The van der Waals surface area contributed by atoms with Crippen molar-refractivity contribution in [3.05, 3.63) is 36.4 Å². The zero-order valence-corrected chi connectivity index (χ0v) is 10.4. The van der Waals surface area contributed by atoms with Crippen molar-refractivity contribution in [3.8, 4) is 11.5 Å². The average Bonchev–Trinajstić information content (AvgIpc) is 3.20. The summed E-state index contributed by atoms with van der Waals surface area (Å²) in [5.74, 6) is 0.0451. The second kappa shape index (κ2) is 5.12. The number of rotatable bonds is 5. The van der Waals surface area contributed by atoms with E-state index in [2.05, 4.69) is 6.58 Å². The molecule has 1 amide bonds. The van der Waals surface area contributed by atoms with E-state index in [1.54, 1.807) is 29.2 Å². The van der Waals surface area contributed by atoms with Gasteiger partial charge in [0.05, 0.1) is 12.7 Å². The molecule has 0 bridgehead atoms. The molecule has 0 radical (unpaired) electrons. The number of ether oxygens (including phenoxy) is 1. The number of carbonyl (C=O) groups is 1. The number of aromatic hydroxyl groups is 1. The first-order valence-electron chi connectivity index (χ1n) is 5.97. The van der Waals surface area contributed by atoms with Gasteiger partial charge in [-0.1, -0.05) is 12.1 Å². The van der Waals surface area contributed by atoms with Gasteiger partial charge in [-0.3, -0.25) is 4.79 Å². The number of phenolic OH excluding ortho intramolecular Hbond substituents is 1. The Morgan fingerprint density at radius 2 is 2.33 bits per heavy atom. The Labute approximate surface area is 106 Å². The predicted molar refractivity (Wildman–Crippen MR) is 68.9 cm³/mol. The SMILES string of the molecule is C=CCN(C(=O)c1cccc(OC)c1O)C1CC1. The highest BCUT2D eigenvalue weighted by Gasteiger charge is 2.33. The summed E-state index contributed by atoms with van der Waals surface area (Å²) in [4.78, 5) is 14.1. The highest BCUT2D eigenvalue weighted by atomic mass is 16.5. The van der Waals surface area contributed by atoms with Gasteiger partial charge in [0.2, 0.25) is 0 Å². The molecule has 0 aromatic heterocycles. The molecule has 1 aliphatic rings. The minimum atomic E-state index is -0.172. The molecule has 1 saturated carbocycles. The predicted octanol–water partition coefficient (Wildman–Crippen LogP) is 2.19. The molecular formula is C14H17NO3. The summed E-state index contributed by atoms with van der Waals surface area (Å²) in [6.07, 6.45) is 3.74. The van der Waals surface area contributed by atoms with Crippen molar-refractivity contribution < 1.29 is 14.6 Å². The first-order chi connectivity index (χ1) is 8.69. The van der Waals surface area contributed by atoms with Crippen LogP contribution in [0, 0.1) is 0 Å². The van der Waals surface area contributed by atoms with E-state index in [4.69, 9.17) is 4.74 Å². The van der Waals surface area contributed by atoms with Crippen molar-refractivity contribution in [2.45, 2.75) is 18.9 Å². The van der Waals surface area contributed by atoms with Crippen molar-refractivity contribution >= 4 is 5.91 Å². The summed E-state index contributed by atoms with van der Waals surface area (Å²) in [5, 5.41) is 9.98. The molecule has 1 N–H and O–H groups in total. The maximum absolute atomic E-state index is 12.4. The fourth-order valence-corrected chi connectivity index (χ4v) is 1.94. The Kier molecular flexibility index (Phi) is 3.55. The van der Waals surface area contributed by atoms with Crippen LogP contribution in [0.1, 0.15) is 23.2 Å². The second-order valence-corrected chi connectivity index (χ2v) is 4.33. The number of amides is 1. The molecule has 1 aromatic rings. The molecule has 1 aromatic carbocycles. The number of nitrogens with zero attached hydrogens (tertiary/aromatic N) is 1. The summed E-state index contributed by atoms with van der Waals surface area (Å²) >= 11 is 0. The number of hydrogen-bond acceptors (Lipinski definition) is 3. The van der Waals surface area contributed by atoms with Gasteiger partial charge in [0.15, 0.2) is 11.5 Å². The van der Waals surface area contributed by atoms with E-state index < -0.39 is 0 Å². The fourth-order valence-electron chi connectivity index (χ4n) is 1.94. The van der Waals surface area contributed by atoms with Gasteiger partial charge in [0.25, 0.3) is 5.91 Å². The molecule has 4 nitrogen and oxygen atoms in total. The van der Waals surface area contributed by atoms with E-state index in [9.17, 15) is 9.90 Å². The zero-order chi connectivity index (χ0) is 13.1. The monoisotopic (exact) mass is 247 g/mol. The van der Waals surface area contributed by atoms with Crippen molar-refractivity contribution in [1.82, 2.24) is 4.90 Å². The maximum Gasteiger partial charge on any atom is 0.258 e. The van der Waals surface area contributed by atoms with E-state index in [-0.39, 0.29) is 23.3 Å². The number of phenols is 1. The van der Waals surface area contributed by atoms with Crippen molar-refractivity contribution in [1.29, 1.82) is 0 Å². The van der Waals surface area contributed by atoms with Crippen LogP contribution >= 0.6 is 0 Å². The van der Waals surface area contributed by atoms with Gasteiger partial charge in [0.1, 0.15) is 0 Å². The third-order valence-corrected chi connectivity index (χ3v) is 3.02. The van der Waals surface area contributed by atoms with Crippen LogP contribution in [-0.4, -0.2) is 35.6 Å². The topological polar surface area (TPSA) is 49.8 Å². The minimum Gasteiger partial charge on any atom is -0.504 e. The van der Waals surface area contributed by atoms with Crippen LogP contribution in [0.4, 0.5) is 0 Å². The minimum absolute atomic E-state index is 0.0975. The molecule has 0 saturated heterocycles. The average molecular weight is 247 g/mol. The normalized spacial score (nSPS) is 14.1. The summed E-state index contributed by atoms with van der Waals surface area (Å²) in [7, 11) is 1.46. The van der Waals surface area contributed by atoms with E-state index in [0.717, 1.165) is 12.8 Å². The Bertz CT molecular complexity index is 466. The number of carbonyl (C=O) groups excluding carboxylic acids is 1. The molecule has 0 heterocycles. The maximum atomic E-state index is 12.4. The van der Waals surface area contributed by atoms with Gasteiger partial charge in [-0.2, -0.15) is 0 Å². The largest absolute Gasteiger partial charge is 0.504 e. The van der Waals surface area contributed by atoms with Crippen LogP contribution in [0.15, 0.2) is 30.9 Å². The summed E-state index contributed by atoms with van der Waals surface area (Å²) in [6, 6.07) is 5.21. The molecule has 4 heteroatoms. The number of methoxy groups -OCH3 is 1. The Morgan fingerprint density at radius 1 is 1.61 bits per heavy atom. The van der Waals surface area contributed by atoms with Crippen LogP contribution in [0.25, 0.3) is 0 Å². The second-order valence-electron chi connectivity index (χ2n) is 4.33. The molecule has 0 unspecified atom stereocenters. The standard InChI is InChI=1S/C14H17NO3/c1-3-9-15(10-7-8-10)14(17)11-5-4-6-12(18-2)13(11)16/h3-6,10,16H,1,7-9H2,2H3. The highest BCUT2D eigenvalue weighted by molar-refractivity contribution is 5.98. The molecule has 96 valence electrons. The van der Waals surface area contributed by atoms with Crippen molar-refractivity contribution in [3.63, 3.8) is 0 Å². The highest BCUT2D eigenvalue weighted by Crippen LogP contribution is 2.33. The lowest BCUT2D eigenvalue weighted by atomic mass is 10.1.